The van der Waals surface area contributed by atoms with Crippen molar-refractivity contribution in [1.29, 1.82) is 0 Å². The molecule has 4 aliphatic carbocycles. The van der Waals surface area contributed by atoms with Crippen molar-refractivity contribution in [2.75, 3.05) is 0 Å². The maximum atomic E-state index is 6.65. The molecule has 1 heterocycles. The molecule has 0 aromatic heterocycles. The van der Waals surface area contributed by atoms with Gasteiger partial charge in [0.25, 0.3) is 0 Å². The van der Waals surface area contributed by atoms with E-state index in [1.807, 2.05) is 0 Å². The number of rotatable bonds is 1. The molecular formula is C41H33BO2. The van der Waals surface area contributed by atoms with Gasteiger partial charge in [0.05, 0.1) is 16.6 Å². The predicted octanol–water partition coefficient (Wildman–Crippen LogP) is 9.92. The normalized spacial score (nSPS) is 22.6. The predicted molar refractivity (Wildman–Crippen MR) is 180 cm³/mol. The van der Waals surface area contributed by atoms with Gasteiger partial charge in [-0.3, -0.25) is 0 Å². The summed E-state index contributed by atoms with van der Waals surface area (Å²) in [5.41, 5.74) is 16.7. The number of fused-ring (bicyclic) bond motifs is 13. The van der Waals surface area contributed by atoms with E-state index in [-0.39, 0.29) is 18.3 Å². The molecule has 0 saturated carbocycles. The van der Waals surface area contributed by atoms with Crippen LogP contribution in [-0.2, 0) is 14.7 Å². The molecule has 1 aliphatic heterocycles. The monoisotopic (exact) mass is 568 g/mol. The number of allylic oxidation sites excluding steroid dienone is 4. The summed E-state index contributed by atoms with van der Waals surface area (Å²) in [4.78, 5) is 0. The Morgan fingerprint density at radius 1 is 0.568 bits per heavy atom. The van der Waals surface area contributed by atoms with Crippen LogP contribution in [0.15, 0.2) is 114 Å². The number of benzene rings is 5. The molecule has 10 rings (SSSR count). The second-order valence-corrected chi connectivity index (χ2v) is 14.2. The average molecular weight is 569 g/mol. The van der Waals surface area contributed by atoms with Gasteiger partial charge in [-0.25, -0.2) is 0 Å². The molecular weight excluding hydrogens is 535 g/mol. The highest BCUT2D eigenvalue weighted by molar-refractivity contribution is 6.55. The third kappa shape index (κ3) is 2.82. The Bertz CT molecular complexity index is 2180. The zero-order valence-corrected chi connectivity index (χ0v) is 25.6. The SMILES string of the molecule is CC1(C)OB(C2=CC3=C(CC2)c2ccccc2C32c3ccccc3-c3c2cc2c4c(cccc34)-c3ccccc3-2)OC1(C)C. The first-order chi connectivity index (χ1) is 21.3. The van der Waals surface area contributed by atoms with Crippen LogP contribution in [0.1, 0.15) is 62.8 Å². The van der Waals surface area contributed by atoms with Crippen molar-refractivity contribution in [1.82, 2.24) is 0 Å². The van der Waals surface area contributed by atoms with Crippen LogP contribution >= 0.6 is 0 Å². The van der Waals surface area contributed by atoms with Crippen LogP contribution < -0.4 is 0 Å². The van der Waals surface area contributed by atoms with E-state index in [1.165, 1.54) is 83.0 Å². The van der Waals surface area contributed by atoms with Crippen molar-refractivity contribution in [3.05, 3.63) is 136 Å². The van der Waals surface area contributed by atoms with Crippen molar-refractivity contribution in [2.24, 2.45) is 0 Å². The second-order valence-electron chi connectivity index (χ2n) is 14.2. The summed E-state index contributed by atoms with van der Waals surface area (Å²) < 4.78 is 13.3. The molecule has 0 radical (unpaired) electrons. The molecule has 5 aromatic carbocycles. The van der Waals surface area contributed by atoms with Crippen LogP contribution in [0.4, 0.5) is 0 Å². The van der Waals surface area contributed by atoms with E-state index in [2.05, 4.69) is 131 Å². The molecule has 0 bridgehead atoms. The van der Waals surface area contributed by atoms with Gasteiger partial charge < -0.3 is 9.31 Å². The summed E-state index contributed by atoms with van der Waals surface area (Å²) in [6.45, 7) is 8.60. The Kier molecular flexibility index (Phi) is 4.63. The van der Waals surface area contributed by atoms with Crippen LogP contribution in [0.3, 0.4) is 0 Å². The van der Waals surface area contributed by atoms with Crippen LogP contribution in [0.5, 0.6) is 0 Å². The largest absolute Gasteiger partial charge is 0.490 e. The van der Waals surface area contributed by atoms with E-state index in [1.54, 1.807) is 0 Å². The summed E-state index contributed by atoms with van der Waals surface area (Å²) in [6.07, 6.45) is 4.39. The standard InChI is InChI=1S/C41H33BO2/c1-39(2)40(3,4)44-42(43-39)24-20-21-28-27-14-7-9-18-33(27)41(35(28)22-24)34-19-10-8-15-30(34)38-31-17-11-16-29-25-12-5-6-13-26(25)32(37(29)31)23-36(38)41/h5-19,22-23H,20-21H2,1-4H3. The van der Waals surface area contributed by atoms with E-state index in [4.69, 9.17) is 9.31 Å². The van der Waals surface area contributed by atoms with Gasteiger partial charge in [0.2, 0.25) is 0 Å². The summed E-state index contributed by atoms with van der Waals surface area (Å²) in [5, 5.41) is 2.74. The van der Waals surface area contributed by atoms with E-state index in [0.29, 0.717) is 0 Å². The summed E-state index contributed by atoms with van der Waals surface area (Å²) in [7, 11) is -0.338. The molecule has 1 spiro atoms. The van der Waals surface area contributed by atoms with Gasteiger partial charge in [0, 0.05) is 0 Å². The summed E-state index contributed by atoms with van der Waals surface area (Å²) in [6, 6.07) is 36.7. The highest BCUT2D eigenvalue weighted by atomic mass is 16.7. The molecule has 2 nitrogen and oxygen atoms in total. The van der Waals surface area contributed by atoms with Crippen molar-refractivity contribution in [3.8, 4) is 33.4 Å². The van der Waals surface area contributed by atoms with Gasteiger partial charge in [-0.1, -0.05) is 97.1 Å². The van der Waals surface area contributed by atoms with Crippen LogP contribution in [0, 0.1) is 0 Å². The first kappa shape index (κ1) is 25.2. The highest BCUT2D eigenvalue weighted by Gasteiger charge is 2.56. The molecule has 44 heavy (non-hydrogen) atoms. The second kappa shape index (κ2) is 8.10. The molecule has 5 aromatic rings. The first-order valence-corrected chi connectivity index (χ1v) is 16.0. The minimum Gasteiger partial charge on any atom is -0.400 e. The molecule has 1 atom stereocenters. The van der Waals surface area contributed by atoms with E-state index in [9.17, 15) is 0 Å². The molecule has 5 aliphatic rings. The van der Waals surface area contributed by atoms with Gasteiger partial charge in [0.1, 0.15) is 0 Å². The van der Waals surface area contributed by atoms with Gasteiger partial charge in [-0.05, 0) is 130 Å². The molecule has 3 heteroatoms. The summed E-state index contributed by atoms with van der Waals surface area (Å²) in [5.74, 6) is 0. The van der Waals surface area contributed by atoms with Crippen LogP contribution in [0.25, 0.3) is 49.7 Å². The number of hydrogen-bond acceptors (Lipinski definition) is 2. The Labute approximate surface area is 259 Å². The Balaban J connectivity index is 1.31. The molecule has 212 valence electrons. The topological polar surface area (TPSA) is 18.5 Å². The minimum absolute atomic E-state index is 0.338. The minimum atomic E-state index is -0.397. The van der Waals surface area contributed by atoms with Gasteiger partial charge in [0.15, 0.2) is 0 Å². The van der Waals surface area contributed by atoms with Crippen molar-refractivity contribution in [2.45, 2.75) is 57.2 Å². The van der Waals surface area contributed by atoms with Gasteiger partial charge in [-0.15, -0.1) is 0 Å². The third-order valence-electron chi connectivity index (χ3n) is 11.6. The Morgan fingerprint density at radius 2 is 1.16 bits per heavy atom. The summed E-state index contributed by atoms with van der Waals surface area (Å²) >= 11 is 0. The lowest BCUT2D eigenvalue weighted by Gasteiger charge is -2.33. The van der Waals surface area contributed by atoms with E-state index < -0.39 is 5.41 Å². The van der Waals surface area contributed by atoms with E-state index in [0.717, 1.165) is 12.8 Å². The molecule has 1 fully saturated rings. The number of hydrogen-bond donors (Lipinski definition) is 0. The molecule has 0 amide bonds. The molecule has 1 saturated heterocycles. The van der Waals surface area contributed by atoms with Crippen LogP contribution in [0.2, 0.25) is 0 Å². The maximum absolute atomic E-state index is 6.65. The smallest absolute Gasteiger partial charge is 0.400 e. The maximum Gasteiger partial charge on any atom is 0.490 e. The third-order valence-corrected chi connectivity index (χ3v) is 11.6. The molecule has 1 unspecified atom stereocenters. The zero-order valence-electron chi connectivity index (χ0n) is 25.6. The Morgan fingerprint density at radius 3 is 1.89 bits per heavy atom. The molecule has 0 N–H and O–H groups in total. The Hall–Kier alpha value is -4.18. The zero-order chi connectivity index (χ0) is 29.6. The lowest BCUT2D eigenvalue weighted by Crippen LogP contribution is -2.41. The lowest BCUT2D eigenvalue weighted by molar-refractivity contribution is 0.00578. The highest BCUT2D eigenvalue weighted by Crippen LogP contribution is 2.66. The van der Waals surface area contributed by atoms with Crippen molar-refractivity contribution < 1.29 is 9.31 Å². The average Bonchev–Trinajstić information content (AvgIpc) is 3.69. The fourth-order valence-corrected chi connectivity index (χ4v) is 8.98. The van der Waals surface area contributed by atoms with Gasteiger partial charge >= 0.3 is 7.12 Å². The quantitative estimate of drug-likeness (QED) is 0.184. The fourth-order valence-electron chi connectivity index (χ4n) is 8.98. The van der Waals surface area contributed by atoms with Crippen molar-refractivity contribution in [3.63, 3.8) is 0 Å². The lowest BCUT2D eigenvalue weighted by atomic mass is 9.65. The van der Waals surface area contributed by atoms with E-state index >= 15 is 0 Å². The van der Waals surface area contributed by atoms with Crippen LogP contribution in [-0.4, -0.2) is 18.3 Å². The van der Waals surface area contributed by atoms with Crippen molar-refractivity contribution >= 4 is 23.5 Å². The van der Waals surface area contributed by atoms with Gasteiger partial charge in [-0.2, -0.15) is 0 Å². The first-order valence-electron chi connectivity index (χ1n) is 16.0. The fraction of sp³-hybridized carbons (Fsp3) is 0.220.